The second-order valence-electron chi connectivity index (χ2n) is 6.03. The number of nitrogens with zero attached hydrogens (tertiary/aromatic N) is 3. The molecule has 152 valence electrons. The van der Waals surface area contributed by atoms with E-state index in [2.05, 4.69) is 15.3 Å². The number of aliphatic hydroxyl groups is 1. The lowest BCUT2D eigenvalue weighted by Crippen LogP contribution is -2.52. The van der Waals surface area contributed by atoms with Crippen LogP contribution in [0.25, 0.3) is 21.6 Å². The van der Waals surface area contributed by atoms with E-state index in [-0.39, 0.29) is 53.9 Å². The summed E-state index contributed by atoms with van der Waals surface area (Å²) in [6, 6.07) is 3.70. The van der Waals surface area contributed by atoms with Crippen LogP contribution in [0.2, 0.25) is 5.02 Å². The number of thiophene rings is 1. The number of hydrogen-bond acceptors (Lipinski definition) is 6. The summed E-state index contributed by atoms with van der Waals surface area (Å²) in [6.07, 6.45) is 0. The van der Waals surface area contributed by atoms with Crippen molar-refractivity contribution in [2.45, 2.75) is 6.04 Å². The maximum Gasteiger partial charge on any atom is 0.165 e. The molecule has 1 unspecified atom stereocenters. The first-order chi connectivity index (χ1) is 12.6. The summed E-state index contributed by atoms with van der Waals surface area (Å²) in [7, 11) is 0. The fraction of sp³-hybridized carbons (Fsp3) is 0.294. The molecule has 11 heteroatoms. The van der Waals surface area contributed by atoms with Crippen LogP contribution in [0, 0.1) is 11.6 Å². The van der Waals surface area contributed by atoms with Gasteiger partial charge in [0.25, 0.3) is 0 Å². The molecule has 0 bridgehead atoms. The Morgan fingerprint density at radius 3 is 2.79 bits per heavy atom. The third-order valence-electron chi connectivity index (χ3n) is 4.31. The molecule has 3 aromatic rings. The number of halogens is 5. The number of benzene rings is 1. The fourth-order valence-electron chi connectivity index (χ4n) is 3.02. The quantitative estimate of drug-likeness (QED) is 0.570. The third kappa shape index (κ3) is 4.32. The van der Waals surface area contributed by atoms with Gasteiger partial charge in [-0.15, -0.1) is 36.2 Å². The molecule has 0 spiro atoms. The van der Waals surface area contributed by atoms with Crippen molar-refractivity contribution in [2.24, 2.45) is 0 Å². The van der Waals surface area contributed by atoms with Crippen molar-refractivity contribution in [3.8, 4) is 11.4 Å². The van der Waals surface area contributed by atoms with E-state index in [9.17, 15) is 13.9 Å². The normalized spacial score (nSPS) is 16.6. The smallest absolute Gasteiger partial charge is 0.165 e. The van der Waals surface area contributed by atoms with E-state index in [1.807, 2.05) is 16.3 Å². The van der Waals surface area contributed by atoms with Crippen LogP contribution < -0.4 is 10.2 Å². The number of aliphatic hydroxyl groups excluding tert-OH is 1. The molecule has 1 fully saturated rings. The Bertz CT molecular complexity index is 975. The molecular weight excluding hydrogens is 453 g/mol. The maximum atomic E-state index is 14.3. The van der Waals surface area contributed by atoms with E-state index in [4.69, 9.17) is 11.6 Å². The Kier molecular flexibility index (Phi) is 7.78. The number of nitrogens with one attached hydrogen (secondary N) is 1. The molecule has 28 heavy (non-hydrogen) atoms. The van der Waals surface area contributed by atoms with Gasteiger partial charge in [-0.05, 0) is 23.6 Å². The average Bonchev–Trinajstić information content (AvgIpc) is 3.12. The van der Waals surface area contributed by atoms with Crippen molar-refractivity contribution in [2.75, 3.05) is 31.1 Å². The lowest BCUT2D eigenvalue weighted by atomic mass is 10.2. The summed E-state index contributed by atoms with van der Waals surface area (Å²) in [5.74, 6) is -0.626. The molecule has 4 rings (SSSR count). The molecule has 1 atom stereocenters. The van der Waals surface area contributed by atoms with E-state index in [0.717, 1.165) is 16.8 Å². The Balaban J connectivity index is 0.00000140. The zero-order valence-corrected chi connectivity index (χ0v) is 17.6. The van der Waals surface area contributed by atoms with Gasteiger partial charge in [0, 0.05) is 25.7 Å². The first-order valence-electron chi connectivity index (χ1n) is 8.06. The van der Waals surface area contributed by atoms with Gasteiger partial charge in [0.1, 0.15) is 11.6 Å². The molecule has 2 N–H and O–H groups in total. The molecular formula is C17H17Cl3F2N4OS. The minimum absolute atomic E-state index is 0. The summed E-state index contributed by atoms with van der Waals surface area (Å²) in [6.45, 7) is 1.97. The zero-order chi connectivity index (χ0) is 18.3. The monoisotopic (exact) mass is 468 g/mol. The van der Waals surface area contributed by atoms with E-state index >= 15 is 0 Å². The molecule has 1 aliphatic heterocycles. The molecule has 1 aliphatic rings. The highest BCUT2D eigenvalue weighted by Gasteiger charge is 2.24. The Morgan fingerprint density at radius 1 is 1.25 bits per heavy atom. The highest BCUT2D eigenvalue weighted by Crippen LogP contribution is 2.33. The van der Waals surface area contributed by atoms with Crippen molar-refractivity contribution in [3.63, 3.8) is 0 Å². The Hall–Kier alpha value is -1.29. The van der Waals surface area contributed by atoms with Gasteiger partial charge in [0.05, 0.1) is 27.4 Å². The molecule has 1 saturated heterocycles. The van der Waals surface area contributed by atoms with Gasteiger partial charge in [-0.2, -0.15) is 0 Å². The topological polar surface area (TPSA) is 61.3 Å². The SMILES string of the molecule is Cl.Cl.OCC1CN(c2nc(-c3cc(F)c(Cl)cc3F)nc3ccsc23)CCN1. The number of fused-ring (bicyclic) bond motifs is 1. The number of hydrogen-bond donors (Lipinski definition) is 2. The van der Waals surface area contributed by atoms with Crippen LogP contribution in [-0.4, -0.2) is 47.4 Å². The summed E-state index contributed by atoms with van der Waals surface area (Å²) in [4.78, 5) is 11.0. The first kappa shape index (κ1) is 23.0. The van der Waals surface area contributed by atoms with Crippen LogP contribution in [0.15, 0.2) is 23.6 Å². The fourth-order valence-corrected chi connectivity index (χ4v) is 4.01. The van der Waals surface area contributed by atoms with E-state index < -0.39 is 11.6 Å². The Morgan fingerprint density at radius 2 is 2.04 bits per heavy atom. The van der Waals surface area contributed by atoms with Gasteiger partial charge in [0.2, 0.25) is 0 Å². The zero-order valence-electron chi connectivity index (χ0n) is 14.4. The molecule has 2 aromatic heterocycles. The number of rotatable bonds is 3. The molecule has 1 aromatic carbocycles. The van der Waals surface area contributed by atoms with Crippen LogP contribution in [0.5, 0.6) is 0 Å². The average molecular weight is 470 g/mol. The van der Waals surface area contributed by atoms with Crippen molar-refractivity contribution in [1.29, 1.82) is 0 Å². The molecule has 0 aliphatic carbocycles. The van der Waals surface area contributed by atoms with Crippen molar-refractivity contribution in [1.82, 2.24) is 15.3 Å². The van der Waals surface area contributed by atoms with Gasteiger partial charge in [-0.3, -0.25) is 0 Å². The minimum Gasteiger partial charge on any atom is -0.395 e. The number of aromatic nitrogens is 2. The van der Waals surface area contributed by atoms with Crippen LogP contribution in [0.3, 0.4) is 0 Å². The lowest BCUT2D eigenvalue weighted by molar-refractivity contribution is 0.235. The minimum atomic E-state index is -0.721. The van der Waals surface area contributed by atoms with Crippen molar-refractivity contribution in [3.05, 3.63) is 40.2 Å². The van der Waals surface area contributed by atoms with Gasteiger partial charge >= 0.3 is 0 Å². The molecule has 0 amide bonds. The summed E-state index contributed by atoms with van der Waals surface area (Å²) in [5.41, 5.74) is 0.638. The highest BCUT2D eigenvalue weighted by atomic mass is 35.5. The maximum absolute atomic E-state index is 14.3. The second-order valence-corrected chi connectivity index (χ2v) is 7.35. The number of anilines is 1. The van der Waals surface area contributed by atoms with Crippen molar-refractivity contribution >= 4 is 63.8 Å². The molecule has 0 radical (unpaired) electrons. The van der Waals surface area contributed by atoms with Gasteiger partial charge in [0.15, 0.2) is 11.6 Å². The molecule has 5 nitrogen and oxygen atoms in total. The van der Waals surface area contributed by atoms with Crippen LogP contribution >= 0.6 is 47.8 Å². The van der Waals surface area contributed by atoms with Gasteiger partial charge in [-0.1, -0.05) is 11.6 Å². The molecule has 3 heterocycles. The Labute approximate surface area is 181 Å². The molecule has 0 saturated carbocycles. The van der Waals surface area contributed by atoms with Gasteiger partial charge in [-0.25, -0.2) is 18.7 Å². The lowest BCUT2D eigenvalue weighted by Gasteiger charge is -2.34. The van der Waals surface area contributed by atoms with Crippen molar-refractivity contribution < 1.29 is 13.9 Å². The second kappa shape index (κ2) is 9.47. The van der Waals surface area contributed by atoms with Gasteiger partial charge < -0.3 is 15.3 Å². The van der Waals surface area contributed by atoms with Crippen LogP contribution in [0.1, 0.15) is 0 Å². The highest BCUT2D eigenvalue weighted by molar-refractivity contribution is 7.17. The standard InChI is InChI=1S/C17H15ClF2N4OS.2ClH/c18-11-6-12(19)10(5-13(11)20)16-22-14-1-4-26-15(14)17(23-16)24-3-2-21-9(7-24)8-25;;/h1,4-6,9,21,25H,2-3,7-8H2;2*1H. The summed E-state index contributed by atoms with van der Waals surface area (Å²) < 4.78 is 29.1. The third-order valence-corrected chi connectivity index (χ3v) is 5.50. The predicted octanol–water partition coefficient (Wildman–Crippen LogP) is 3.90. The predicted molar refractivity (Wildman–Crippen MR) is 113 cm³/mol. The van der Waals surface area contributed by atoms with E-state index in [1.54, 1.807) is 0 Å². The summed E-state index contributed by atoms with van der Waals surface area (Å²) >= 11 is 7.13. The largest absolute Gasteiger partial charge is 0.395 e. The van der Waals surface area contributed by atoms with E-state index in [0.29, 0.717) is 31.0 Å². The van der Waals surface area contributed by atoms with E-state index in [1.165, 1.54) is 11.3 Å². The number of piperazine rings is 1. The summed E-state index contributed by atoms with van der Waals surface area (Å²) in [5, 5.41) is 14.3. The van der Waals surface area contributed by atoms with Crippen LogP contribution in [-0.2, 0) is 0 Å². The first-order valence-corrected chi connectivity index (χ1v) is 9.32. The van der Waals surface area contributed by atoms with Crippen LogP contribution in [0.4, 0.5) is 14.6 Å².